The molecule has 2 N–H and O–H groups in total. The van der Waals surface area contributed by atoms with E-state index in [1.165, 1.54) is 0 Å². The summed E-state index contributed by atoms with van der Waals surface area (Å²) in [5.41, 5.74) is 0.919. The molecule has 2 aromatic rings. The minimum Gasteiger partial charge on any atom is -0.375 e. The Kier molecular flexibility index (Phi) is 5.91. The van der Waals surface area contributed by atoms with Gasteiger partial charge < -0.3 is 15.5 Å². The molecule has 0 saturated heterocycles. The van der Waals surface area contributed by atoms with E-state index in [2.05, 4.69) is 15.5 Å². The van der Waals surface area contributed by atoms with Crippen LogP contribution >= 0.6 is 0 Å². The summed E-state index contributed by atoms with van der Waals surface area (Å²) in [7, 11) is 1.97. The van der Waals surface area contributed by atoms with E-state index in [1.807, 2.05) is 37.4 Å². The molecule has 2 amide bonds. The lowest BCUT2D eigenvalue weighted by Crippen LogP contribution is -2.32. The molecule has 2 rings (SSSR count). The van der Waals surface area contributed by atoms with E-state index in [0.717, 1.165) is 36.9 Å². The van der Waals surface area contributed by atoms with Crippen LogP contribution in [0, 0.1) is 11.6 Å². The molecule has 0 heterocycles. The van der Waals surface area contributed by atoms with Crippen LogP contribution in [-0.4, -0.2) is 26.2 Å². The van der Waals surface area contributed by atoms with Crippen molar-refractivity contribution in [1.29, 1.82) is 0 Å². The van der Waals surface area contributed by atoms with Gasteiger partial charge in [-0.3, -0.25) is 0 Å². The lowest BCUT2D eigenvalue weighted by Gasteiger charge is -2.19. The van der Waals surface area contributed by atoms with E-state index in [9.17, 15) is 13.6 Å². The monoisotopic (exact) mass is 319 g/mol. The van der Waals surface area contributed by atoms with Crippen molar-refractivity contribution in [2.75, 3.05) is 30.4 Å². The maximum Gasteiger partial charge on any atom is 0.319 e. The van der Waals surface area contributed by atoms with Gasteiger partial charge in [-0.25, -0.2) is 13.6 Å². The predicted molar refractivity (Wildman–Crippen MR) is 87.7 cm³/mol. The first-order valence-electron chi connectivity index (χ1n) is 7.32. The number of hydrogen-bond acceptors (Lipinski definition) is 2. The largest absolute Gasteiger partial charge is 0.375 e. The third-order valence-corrected chi connectivity index (χ3v) is 3.33. The average molecular weight is 319 g/mol. The van der Waals surface area contributed by atoms with Crippen molar-refractivity contribution in [3.8, 4) is 0 Å². The highest BCUT2D eigenvalue weighted by Crippen LogP contribution is 2.15. The van der Waals surface area contributed by atoms with Crippen molar-refractivity contribution >= 4 is 17.4 Å². The van der Waals surface area contributed by atoms with Crippen LogP contribution in [0.3, 0.4) is 0 Å². The Labute approximate surface area is 134 Å². The van der Waals surface area contributed by atoms with Gasteiger partial charge in [0.25, 0.3) is 0 Å². The maximum atomic E-state index is 13.4. The van der Waals surface area contributed by atoms with Crippen LogP contribution in [0.15, 0.2) is 48.5 Å². The van der Waals surface area contributed by atoms with Crippen LogP contribution < -0.4 is 15.5 Å². The number of carbonyl (C=O) groups is 1. The number of nitrogens with zero attached hydrogens (tertiary/aromatic N) is 1. The molecule has 0 aliphatic carbocycles. The number of rotatable bonds is 6. The van der Waals surface area contributed by atoms with Crippen LogP contribution in [-0.2, 0) is 0 Å². The third kappa shape index (κ3) is 5.25. The zero-order chi connectivity index (χ0) is 16.7. The fraction of sp³-hybridized carbons (Fsp3) is 0.235. The van der Waals surface area contributed by atoms with Gasteiger partial charge in [0.15, 0.2) is 0 Å². The first kappa shape index (κ1) is 16.7. The average Bonchev–Trinajstić information content (AvgIpc) is 2.55. The molecule has 0 saturated carbocycles. The molecule has 0 bridgehead atoms. The number of urea groups is 1. The zero-order valence-electron chi connectivity index (χ0n) is 12.9. The van der Waals surface area contributed by atoms with E-state index >= 15 is 0 Å². The molecule has 0 atom stereocenters. The second kappa shape index (κ2) is 8.12. The van der Waals surface area contributed by atoms with Gasteiger partial charge in [-0.05, 0) is 30.7 Å². The second-order valence-corrected chi connectivity index (χ2v) is 5.12. The summed E-state index contributed by atoms with van der Waals surface area (Å²) in [6, 6.07) is 12.2. The van der Waals surface area contributed by atoms with Crippen molar-refractivity contribution in [1.82, 2.24) is 5.32 Å². The van der Waals surface area contributed by atoms with Crippen molar-refractivity contribution in [3.63, 3.8) is 0 Å². The summed E-state index contributed by atoms with van der Waals surface area (Å²) in [4.78, 5) is 13.7. The van der Waals surface area contributed by atoms with Gasteiger partial charge in [0.1, 0.15) is 11.6 Å². The van der Waals surface area contributed by atoms with Gasteiger partial charge in [0.2, 0.25) is 0 Å². The van der Waals surface area contributed by atoms with E-state index < -0.39 is 17.7 Å². The number of nitrogens with one attached hydrogen (secondary N) is 2. The summed E-state index contributed by atoms with van der Waals surface area (Å²) in [5, 5.41) is 4.91. The van der Waals surface area contributed by atoms with Crippen molar-refractivity contribution in [2.45, 2.75) is 6.42 Å². The van der Waals surface area contributed by atoms with Gasteiger partial charge in [0, 0.05) is 31.9 Å². The number of benzene rings is 2. The molecule has 0 aromatic heterocycles. The summed E-state index contributed by atoms with van der Waals surface area (Å²) >= 11 is 0. The zero-order valence-corrected chi connectivity index (χ0v) is 12.9. The van der Waals surface area contributed by atoms with Crippen molar-refractivity contribution in [2.24, 2.45) is 0 Å². The Morgan fingerprint density at radius 1 is 1.13 bits per heavy atom. The lowest BCUT2D eigenvalue weighted by atomic mass is 10.3. The minimum atomic E-state index is -0.676. The van der Waals surface area contributed by atoms with Gasteiger partial charge in [-0.15, -0.1) is 0 Å². The minimum absolute atomic E-state index is 0.177. The predicted octanol–water partition coefficient (Wildman–Crippen LogP) is 3.61. The van der Waals surface area contributed by atoms with Gasteiger partial charge in [0.05, 0.1) is 5.69 Å². The van der Waals surface area contributed by atoms with E-state index in [0.29, 0.717) is 6.54 Å². The summed E-state index contributed by atoms with van der Waals surface area (Å²) in [5.74, 6) is -1.28. The molecule has 0 radical (unpaired) electrons. The number of amides is 2. The highest BCUT2D eigenvalue weighted by atomic mass is 19.1. The molecule has 0 fully saturated rings. The maximum absolute atomic E-state index is 13.4. The number of carbonyl (C=O) groups excluding carboxylic acids is 1. The van der Waals surface area contributed by atoms with Gasteiger partial charge >= 0.3 is 6.03 Å². The third-order valence-electron chi connectivity index (χ3n) is 3.33. The van der Waals surface area contributed by atoms with Crippen LogP contribution in [0.25, 0.3) is 0 Å². The topological polar surface area (TPSA) is 44.4 Å². The Balaban J connectivity index is 1.72. The molecular weight excluding hydrogens is 300 g/mol. The molecule has 0 aliphatic heterocycles. The Hall–Kier alpha value is -2.63. The molecule has 0 aliphatic rings. The summed E-state index contributed by atoms with van der Waals surface area (Å²) in [6.07, 6.45) is 0.727. The quantitative estimate of drug-likeness (QED) is 0.799. The van der Waals surface area contributed by atoms with E-state index in [1.54, 1.807) is 0 Å². The molecular formula is C17H19F2N3O. The molecule has 0 spiro atoms. The highest BCUT2D eigenvalue weighted by Gasteiger charge is 2.07. The van der Waals surface area contributed by atoms with Crippen LogP contribution in [0.4, 0.5) is 25.0 Å². The summed E-state index contributed by atoms with van der Waals surface area (Å²) < 4.78 is 26.4. The lowest BCUT2D eigenvalue weighted by molar-refractivity contribution is 0.252. The SMILES string of the molecule is CN(CCCNC(=O)Nc1cc(F)ccc1F)c1ccccc1. The Morgan fingerprint density at radius 2 is 1.87 bits per heavy atom. The Bertz CT molecular complexity index is 650. The summed E-state index contributed by atoms with van der Waals surface area (Å²) in [6.45, 7) is 1.19. The molecule has 6 heteroatoms. The van der Waals surface area contributed by atoms with Gasteiger partial charge in [-0.2, -0.15) is 0 Å². The highest BCUT2D eigenvalue weighted by molar-refractivity contribution is 5.89. The number of hydrogen-bond donors (Lipinski definition) is 2. The molecule has 0 unspecified atom stereocenters. The molecule has 4 nitrogen and oxygen atoms in total. The smallest absolute Gasteiger partial charge is 0.319 e. The standard InChI is InChI=1S/C17H19F2N3O/c1-22(14-6-3-2-4-7-14)11-5-10-20-17(23)21-16-12-13(18)8-9-15(16)19/h2-4,6-9,12H,5,10-11H2,1H3,(H2,20,21,23). The van der Waals surface area contributed by atoms with E-state index in [4.69, 9.17) is 0 Å². The number of para-hydroxylation sites is 1. The molecule has 23 heavy (non-hydrogen) atoms. The van der Waals surface area contributed by atoms with Crippen molar-refractivity contribution in [3.05, 3.63) is 60.2 Å². The van der Waals surface area contributed by atoms with Gasteiger partial charge in [-0.1, -0.05) is 18.2 Å². The van der Waals surface area contributed by atoms with Crippen LogP contribution in [0.1, 0.15) is 6.42 Å². The first-order chi connectivity index (χ1) is 11.1. The second-order valence-electron chi connectivity index (χ2n) is 5.12. The molecule has 2 aromatic carbocycles. The normalized spacial score (nSPS) is 10.2. The first-order valence-corrected chi connectivity index (χ1v) is 7.32. The van der Waals surface area contributed by atoms with Crippen LogP contribution in [0.5, 0.6) is 0 Å². The fourth-order valence-corrected chi connectivity index (χ4v) is 2.09. The Morgan fingerprint density at radius 3 is 2.61 bits per heavy atom. The van der Waals surface area contributed by atoms with E-state index in [-0.39, 0.29) is 5.69 Å². The number of halogens is 2. The van der Waals surface area contributed by atoms with Crippen molar-refractivity contribution < 1.29 is 13.6 Å². The number of anilines is 2. The molecule has 122 valence electrons. The fourth-order valence-electron chi connectivity index (χ4n) is 2.09. The van der Waals surface area contributed by atoms with Crippen LogP contribution in [0.2, 0.25) is 0 Å².